The maximum absolute atomic E-state index is 13.3. The zero-order valence-electron chi connectivity index (χ0n) is 17.6. The van der Waals surface area contributed by atoms with E-state index in [1.807, 2.05) is 43.6 Å². The Balaban J connectivity index is 0.000000775. The van der Waals surface area contributed by atoms with E-state index in [9.17, 15) is 4.39 Å². The molecular formula is C21H25FN8O2. The van der Waals surface area contributed by atoms with Crippen molar-refractivity contribution in [2.75, 3.05) is 12.4 Å². The molecule has 0 aromatic carbocycles. The van der Waals surface area contributed by atoms with Crippen molar-refractivity contribution in [2.24, 2.45) is 4.99 Å². The molecule has 5 rings (SSSR count). The number of hydrogen-bond acceptors (Lipinski definition) is 7. The van der Waals surface area contributed by atoms with Crippen LogP contribution in [0.15, 0.2) is 47.4 Å². The van der Waals surface area contributed by atoms with Crippen LogP contribution < -0.4 is 16.0 Å². The molecule has 0 bridgehead atoms. The van der Waals surface area contributed by atoms with E-state index in [-0.39, 0.29) is 18.3 Å². The first kappa shape index (κ1) is 21.5. The summed E-state index contributed by atoms with van der Waals surface area (Å²) in [6.45, 7) is 1.83. The number of pyridine rings is 1. The van der Waals surface area contributed by atoms with E-state index in [0.29, 0.717) is 12.2 Å². The van der Waals surface area contributed by atoms with Crippen LogP contribution in [0.25, 0.3) is 11.0 Å². The number of hydrogen-bond donors (Lipinski definition) is 6. The normalized spacial score (nSPS) is 24.7. The van der Waals surface area contributed by atoms with E-state index < -0.39 is 12.0 Å². The maximum atomic E-state index is 13.3. The van der Waals surface area contributed by atoms with E-state index in [1.165, 1.54) is 0 Å². The third kappa shape index (κ3) is 4.19. The van der Waals surface area contributed by atoms with Crippen LogP contribution in [0, 0.1) is 0 Å². The Labute approximate surface area is 183 Å². The lowest BCUT2D eigenvalue weighted by atomic mass is 9.97. The molecule has 2 aliphatic rings. The van der Waals surface area contributed by atoms with Crippen LogP contribution in [0.2, 0.25) is 0 Å². The number of likely N-dealkylation sites (N-methyl/N-ethyl adjacent to an activating group) is 1. The molecule has 168 valence electrons. The molecule has 3 aromatic rings. The third-order valence-electron chi connectivity index (χ3n) is 5.69. The first-order valence-corrected chi connectivity index (χ1v) is 10.2. The smallest absolute Gasteiger partial charge is 0.290 e. The molecule has 3 aromatic heterocycles. The average Bonchev–Trinajstić information content (AvgIpc) is 3.18. The van der Waals surface area contributed by atoms with Crippen molar-refractivity contribution in [3.8, 4) is 0 Å². The zero-order chi connectivity index (χ0) is 22.7. The SMILES string of the molecule is CNC1([C@@H](C)c2ccc3[nH]ccc3n2)N=CC=C(Nc2cc([C@@H]3C[C@@H]3F)[nH]n2)N1.O=CO. The second-order valence-electron chi connectivity index (χ2n) is 7.67. The van der Waals surface area contributed by atoms with Crippen LogP contribution in [0.4, 0.5) is 10.2 Å². The summed E-state index contributed by atoms with van der Waals surface area (Å²) in [5.41, 5.74) is 3.66. The van der Waals surface area contributed by atoms with Gasteiger partial charge in [-0.25, -0.2) is 9.38 Å². The number of halogens is 1. The number of carboxylic acid groups (broad SMARTS) is 1. The highest BCUT2D eigenvalue weighted by Crippen LogP contribution is 2.43. The summed E-state index contributed by atoms with van der Waals surface area (Å²) in [6, 6.07) is 7.85. The highest BCUT2D eigenvalue weighted by molar-refractivity contribution is 5.76. The van der Waals surface area contributed by atoms with Crippen LogP contribution in [0.5, 0.6) is 0 Å². The molecule has 11 heteroatoms. The van der Waals surface area contributed by atoms with Crippen molar-refractivity contribution >= 4 is 29.5 Å². The van der Waals surface area contributed by atoms with Crippen LogP contribution >= 0.6 is 0 Å². The highest BCUT2D eigenvalue weighted by Gasteiger charge is 2.40. The van der Waals surface area contributed by atoms with Gasteiger partial charge in [-0.15, -0.1) is 0 Å². The first-order chi connectivity index (χ1) is 15.5. The lowest BCUT2D eigenvalue weighted by molar-refractivity contribution is -0.122. The van der Waals surface area contributed by atoms with Crippen molar-refractivity contribution in [1.29, 1.82) is 0 Å². The fourth-order valence-electron chi connectivity index (χ4n) is 3.76. The summed E-state index contributed by atoms with van der Waals surface area (Å²) in [5, 5.41) is 24.0. The number of aromatic amines is 2. The van der Waals surface area contributed by atoms with Gasteiger partial charge >= 0.3 is 0 Å². The molecule has 1 fully saturated rings. The molecule has 0 radical (unpaired) electrons. The molecule has 0 saturated heterocycles. The van der Waals surface area contributed by atoms with Crippen molar-refractivity contribution in [1.82, 2.24) is 30.8 Å². The Morgan fingerprint density at radius 2 is 2.16 bits per heavy atom. The summed E-state index contributed by atoms with van der Waals surface area (Å²) in [7, 11) is 1.86. The Morgan fingerprint density at radius 3 is 2.88 bits per heavy atom. The van der Waals surface area contributed by atoms with Gasteiger partial charge in [0.15, 0.2) is 11.6 Å². The number of aromatic nitrogens is 4. The molecule has 6 N–H and O–H groups in total. The molecule has 1 aliphatic heterocycles. The van der Waals surface area contributed by atoms with Gasteiger partial charge < -0.3 is 20.7 Å². The number of nitrogens with zero attached hydrogens (tertiary/aromatic N) is 3. The van der Waals surface area contributed by atoms with Gasteiger partial charge in [0.1, 0.15) is 12.0 Å². The Bertz CT molecular complexity index is 1160. The topological polar surface area (TPSA) is 143 Å². The molecule has 4 atom stereocenters. The molecule has 4 heterocycles. The molecular weight excluding hydrogens is 415 g/mol. The Morgan fingerprint density at radius 1 is 1.38 bits per heavy atom. The number of anilines is 1. The lowest BCUT2D eigenvalue weighted by Crippen LogP contribution is -2.59. The fraction of sp³-hybridized carbons (Fsp3) is 0.333. The Kier molecular flexibility index (Phi) is 5.91. The summed E-state index contributed by atoms with van der Waals surface area (Å²) >= 11 is 0. The fourth-order valence-corrected chi connectivity index (χ4v) is 3.76. The van der Waals surface area contributed by atoms with Gasteiger partial charge in [-0.3, -0.25) is 20.2 Å². The molecule has 1 aliphatic carbocycles. The van der Waals surface area contributed by atoms with Crippen LogP contribution in [0.1, 0.15) is 36.6 Å². The van der Waals surface area contributed by atoms with E-state index in [2.05, 4.69) is 43.0 Å². The number of H-pyrrole nitrogens is 2. The highest BCUT2D eigenvalue weighted by atomic mass is 19.1. The number of rotatable bonds is 6. The van der Waals surface area contributed by atoms with Crippen molar-refractivity contribution in [2.45, 2.75) is 37.1 Å². The number of aliphatic imine (C=N–C) groups is 1. The predicted molar refractivity (Wildman–Crippen MR) is 119 cm³/mol. The third-order valence-corrected chi connectivity index (χ3v) is 5.69. The van der Waals surface area contributed by atoms with E-state index in [0.717, 1.165) is 28.2 Å². The van der Waals surface area contributed by atoms with E-state index in [1.54, 1.807) is 6.21 Å². The zero-order valence-corrected chi connectivity index (χ0v) is 17.6. The summed E-state index contributed by atoms with van der Waals surface area (Å²) in [5.74, 6) is 0.487. The summed E-state index contributed by atoms with van der Waals surface area (Å²) in [4.78, 5) is 21.0. The van der Waals surface area contributed by atoms with Crippen LogP contribution in [-0.4, -0.2) is 57.0 Å². The largest absolute Gasteiger partial charge is 0.483 e. The van der Waals surface area contributed by atoms with Gasteiger partial charge in [0, 0.05) is 35.8 Å². The monoisotopic (exact) mass is 440 g/mol. The quantitative estimate of drug-likeness (QED) is 0.323. The molecule has 1 unspecified atom stereocenters. The first-order valence-electron chi connectivity index (χ1n) is 10.2. The van der Waals surface area contributed by atoms with Gasteiger partial charge in [0.2, 0.25) is 0 Å². The van der Waals surface area contributed by atoms with Crippen molar-refractivity contribution < 1.29 is 14.3 Å². The summed E-state index contributed by atoms with van der Waals surface area (Å²) in [6.07, 6.45) is 5.28. The molecule has 32 heavy (non-hydrogen) atoms. The van der Waals surface area contributed by atoms with E-state index >= 15 is 0 Å². The standard InChI is InChI=1S/C20H23FN8.CH2O2/c1-11(14-3-4-15-16(25-14)5-7-23-15)20(22-2)24-8-6-18(27-20)26-19-10-17(28-29-19)12-9-13(12)21;2-1-3/h3-8,10-13,22-23,27H,9H2,1-2H3,(H2,26,28,29);1H,(H,2,3)/t11-,12+,13-,20?;/m0./s1. The van der Waals surface area contributed by atoms with Gasteiger partial charge in [-0.2, -0.15) is 5.10 Å². The van der Waals surface area contributed by atoms with Gasteiger partial charge in [0.05, 0.1) is 17.0 Å². The second kappa shape index (κ2) is 8.79. The van der Waals surface area contributed by atoms with Crippen LogP contribution in [-0.2, 0) is 4.79 Å². The number of allylic oxidation sites excluding steroid dienone is 1. The molecule has 0 spiro atoms. The minimum Gasteiger partial charge on any atom is -0.483 e. The van der Waals surface area contributed by atoms with Gasteiger partial charge in [-0.1, -0.05) is 6.92 Å². The number of alkyl halides is 1. The molecule has 10 nitrogen and oxygen atoms in total. The number of carbonyl (C=O) groups is 1. The molecule has 1 saturated carbocycles. The minimum absolute atomic E-state index is 0.0567. The summed E-state index contributed by atoms with van der Waals surface area (Å²) < 4.78 is 13.3. The Hall–Kier alpha value is -3.73. The second-order valence-corrected chi connectivity index (χ2v) is 7.67. The predicted octanol–water partition coefficient (Wildman–Crippen LogP) is 2.42. The van der Waals surface area contributed by atoms with E-state index in [4.69, 9.17) is 14.9 Å². The van der Waals surface area contributed by atoms with Crippen molar-refractivity contribution in [3.63, 3.8) is 0 Å². The van der Waals surface area contributed by atoms with Crippen molar-refractivity contribution in [3.05, 3.63) is 53.7 Å². The van der Waals surface area contributed by atoms with Crippen LogP contribution in [0.3, 0.4) is 0 Å². The van der Waals surface area contributed by atoms with Gasteiger partial charge in [0.25, 0.3) is 6.47 Å². The molecule has 0 amide bonds. The number of nitrogens with one attached hydrogen (secondary N) is 5. The average molecular weight is 440 g/mol. The van der Waals surface area contributed by atoms with Gasteiger partial charge in [-0.05, 0) is 37.7 Å². The maximum Gasteiger partial charge on any atom is 0.290 e. The lowest BCUT2D eigenvalue weighted by Gasteiger charge is -2.38. The minimum atomic E-state index is -0.770. The number of fused-ring (bicyclic) bond motifs is 1.